The second-order valence-electron chi connectivity index (χ2n) is 5.22. The van der Waals surface area contributed by atoms with Gasteiger partial charge in [-0.2, -0.15) is 0 Å². The Hall–Kier alpha value is -2.10. The lowest BCUT2D eigenvalue weighted by Crippen LogP contribution is -1.95. The summed E-state index contributed by atoms with van der Waals surface area (Å²) in [4.78, 5) is 12.4. The third kappa shape index (κ3) is 2.46. The van der Waals surface area contributed by atoms with Crippen molar-refractivity contribution >= 4 is 11.5 Å². The van der Waals surface area contributed by atoms with Gasteiger partial charge in [-0.3, -0.25) is 4.98 Å². The predicted octanol–water partition coefficient (Wildman–Crippen LogP) is 3.78. The van der Waals surface area contributed by atoms with Gasteiger partial charge in [-0.25, -0.2) is 4.98 Å². The maximum absolute atomic E-state index is 4.68. The van der Waals surface area contributed by atoms with Crippen molar-refractivity contribution in [2.45, 2.75) is 32.6 Å². The molecule has 2 aromatic heterocycles. The van der Waals surface area contributed by atoms with Crippen LogP contribution in [-0.4, -0.2) is 22.0 Å². The Kier molecular flexibility index (Phi) is 3.54. The van der Waals surface area contributed by atoms with Crippen molar-refractivity contribution in [3.05, 3.63) is 35.8 Å². The van der Waals surface area contributed by atoms with Gasteiger partial charge in [-0.15, -0.1) is 0 Å². The molecule has 4 nitrogen and oxygen atoms in total. The SMILES string of the molecule is CNc1nc(-c2ccnc(C)c2)c(C2=CCCCC2)[nH]1. The van der Waals surface area contributed by atoms with Crippen LogP contribution in [0.5, 0.6) is 0 Å². The molecule has 2 aromatic rings. The number of pyridine rings is 1. The molecule has 0 aliphatic heterocycles. The summed E-state index contributed by atoms with van der Waals surface area (Å²) in [6.07, 6.45) is 9.03. The van der Waals surface area contributed by atoms with E-state index in [1.165, 1.54) is 18.4 Å². The first-order valence-electron chi connectivity index (χ1n) is 7.18. The molecule has 20 heavy (non-hydrogen) atoms. The van der Waals surface area contributed by atoms with Gasteiger partial charge in [-0.05, 0) is 50.3 Å². The molecule has 0 saturated carbocycles. The van der Waals surface area contributed by atoms with Crippen LogP contribution in [0, 0.1) is 6.92 Å². The molecule has 2 heterocycles. The molecule has 4 heteroatoms. The van der Waals surface area contributed by atoms with Crippen molar-refractivity contribution in [3.8, 4) is 11.3 Å². The fourth-order valence-corrected chi connectivity index (χ4v) is 2.69. The number of hydrogen-bond acceptors (Lipinski definition) is 3. The van der Waals surface area contributed by atoms with E-state index in [2.05, 4.69) is 32.4 Å². The largest absolute Gasteiger partial charge is 0.359 e. The fourth-order valence-electron chi connectivity index (χ4n) is 2.69. The third-order valence-electron chi connectivity index (χ3n) is 3.72. The van der Waals surface area contributed by atoms with Crippen LogP contribution in [0.2, 0.25) is 0 Å². The Labute approximate surface area is 119 Å². The van der Waals surface area contributed by atoms with Crippen molar-refractivity contribution in [3.63, 3.8) is 0 Å². The molecule has 1 aliphatic rings. The molecular formula is C16H20N4. The first-order valence-corrected chi connectivity index (χ1v) is 7.18. The number of aromatic nitrogens is 3. The number of anilines is 1. The average molecular weight is 268 g/mol. The second kappa shape index (κ2) is 5.49. The topological polar surface area (TPSA) is 53.6 Å². The summed E-state index contributed by atoms with van der Waals surface area (Å²) in [6.45, 7) is 2.01. The molecule has 0 aromatic carbocycles. The van der Waals surface area contributed by atoms with Crippen molar-refractivity contribution in [1.82, 2.24) is 15.0 Å². The second-order valence-corrected chi connectivity index (χ2v) is 5.22. The lowest BCUT2D eigenvalue weighted by Gasteiger charge is -2.12. The van der Waals surface area contributed by atoms with Gasteiger partial charge in [0.15, 0.2) is 0 Å². The van der Waals surface area contributed by atoms with Gasteiger partial charge in [0.1, 0.15) is 0 Å². The van der Waals surface area contributed by atoms with Gasteiger partial charge in [0.2, 0.25) is 5.95 Å². The lowest BCUT2D eigenvalue weighted by molar-refractivity contribution is 0.740. The first-order chi connectivity index (χ1) is 9.78. The van der Waals surface area contributed by atoms with Gasteiger partial charge >= 0.3 is 0 Å². The standard InChI is InChI=1S/C16H20N4/c1-11-10-13(8-9-18-11)15-14(19-16(17-2)20-15)12-6-4-3-5-7-12/h6,8-10H,3-5,7H2,1-2H3,(H2,17,19,20). The van der Waals surface area contributed by atoms with E-state index in [9.17, 15) is 0 Å². The molecule has 0 spiro atoms. The Morgan fingerprint density at radius 1 is 1.30 bits per heavy atom. The molecule has 0 fully saturated rings. The summed E-state index contributed by atoms with van der Waals surface area (Å²) in [5, 5.41) is 3.10. The summed E-state index contributed by atoms with van der Waals surface area (Å²) in [6, 6.07) is 4.11. The average Bonchev–Trinajstić information content (AvgIpc) is 2.92. The first kappa shape index (κ1) is 12.9. The summed E-state index contributed by atoms with van der Waals surface area (Å²) < 4.78 is 0. The number of nitrogens with zero attached hydrogens (tertiary/aromatic N) is 2. The maximum Gasteiger partial charge on any atom is 0.200 e. The fraction of sp³-hybridized carbons (Fsp3) is 0.375. The summed E-state index contributed by atoms with van der Waals surface area (Å²) in [5.41, 5.74) is 5.69. The van der Waals surface area contributed by atoms with Gasteiger partial charge in [0.05, 0.1) is 11.4 Å². The number of nitrogens with one attached hydrogen (secondary N) is 2. The quantitative estimate of drug-likeness (QED) is 0.890. The number of allylic oxidation sites excluding steroid dienone is 2. The number of H-pyrrole nitrogens is 1. The summed E-state index contributed by atoms with van der Waals surface area (Å²) >= 11 is 0. The molecule has 0 bridgehead atoms. The number of aromatic amines is 1. The number of aryl methyl sites for hydroxylation is 1. The zero-order valence-electron chi connectivity index (χ0n) is 12.0. The summed E-state index contributed by atoms with van der Waals surface area (Å²) in [7, 11) is 1.89. The maximum atomic E-state index is 4.68. The highest BCUT2D eigenvalue weighted by Crippen LogP contribution is 2.33. The van der Waals surface area contributed by atoms with E-state index in [0.29, 0.717) is 0 Å². The highest BCUT2D eigenvalue weighted by Gasteiger charge is 2.17. The van der Waals surface area contributed by atoms with Crippen LogP contribution < -0.4 is 5.32 Å². The van der Waals surface area contributed by atoms with Gasteiger partial charge in [0.25, 0.3) is 0 Å². The smallest absolute Gasteiger partial charge is 0.200 e. The minimum absolute atomic E-state index is 0.816. The van der Waals surface area contributed by atoms with Crippen LogP contribution in [0.1, 0.15) is 37.1 Å². The molecule has 0 saturated heterocycles. The van der Waals surface area contributed by atoms with Crippen LogP contribution in [0.4, 0.5) is 5.95 Å². The van der Waals surface area contributed by atoms with Crippen LogP contribution in [0.3, 0.4) is 0 Å². The van der Waals surface area contributed by atoms with Crippen LogP contribution in [-0.2, 0) is 0 Å². The monoisotopic (exact) mass is 268 g/mol. The molecule has 3 rings (SSSR count). The Morgan fingerprint density at radius 3 is 2.90 bits per heavy atom. The highest BCUT2D eigenvalue weighted by molar-refractivity contribution is 5.78. The molecule has 0 radical (unpaired) electrons. The van der Waals surface area contributed by atoms with Crippen molar-refractivity contribution < 1.29 is 0 Å². The van der Waals surface area contributed by atoms with Gasteiger partial charge < -0.3 is 10.3 Å². The van der Waals surface area contributed by atoms with Crippen molar-refractivity contribution in [2.75, 3.05) is 12.4 Å². The number of imidazole rings is 1. The zero-order chi connectivity index (χ0) is 13.9. The van der Waals surface area contributed by atoms with E-state index in [1.54, 1.807) is 0 Å². The minimum Gasteiger partial charge on any atom is -0.359 e. The minimum atomic E-state index is 0.816. The van der Waals surface area contributed by atoms with E-state index in [-0.39, 0.29) is 0 Å². The molecule has 0 amide bonds. The molecule has 2 N–H and O–H groups in total. The Balaban J connectivity index is 2.09. The lowest BCUT2D eigenvalue weighted by atomic mass is 9.95. The van der Waals surface area contributed by atoms with Crippen LogP contribution in [0.15, 0.2) is 24.4 Å². The number of rotatable bonds is 3. The molecule has 0 atom stereocenters. The summed E-state index contributed by atoms with van der Waals surface area (Å²) in [5.74, 6) is 0.816. The third-order valence-corrected chi connectivity index (χ3v) is 3.72. The van der Waals surface area contributed by atoms with E-state index in [4.69, 9.17) is 0 Å². The van der Waals surface area contributed by atoms with Crippen LogP contribution >= 0.6 is 0 Å². The Bertz CT molecular complexity index is 640. The highest BCUT2D eigenvalue weighted by atomic mass is 15.1. The predicted molar refractivity (Wildman–Crippen MR) is 82.5 cm³/mol. The normalized spacial score (nSPS) is 15.0. The molecule has 104 valence electrons. The zero-order valence-corrected chi connectivity index (χ0v) is 12.0. The van der Waals surface area contributed by atoms with Crippen LogP contribution in [0.25, 0.3) is 16.8 Å². The van der Waals surface area contributed by atoms with E-state index < -0.39 is 0 Å². The van der Waals surface area contributed by atoms with Gasteiger partial charge in [0, 0.05) is 24.5 Å². The van der Waals surface area contributed by atoms with Crippen molar-refractivity contribution in [2.24, 2.45) is 0 Å². The van der Waals surface area contributed by atoms with E-state index >= 15 is 0 Å². The molecule has 1 aliphatic carbocycles. The Morgan fingerprint density at radius 2 is 2.20 bits per heavy atom. The van der Waals surface area contributed by atoms with Crippen molar-refractivity contribution in [1.29, 1.82) is 0 Å². The molecule has 0 unspecified atom stereocenters. The number of hydrogen-bond donors (Lipinski definition) is 2. The molecular weight excluding hydrogens is 248 g/mol. The van der Waals surface area contributed by atoms with Gasteiger partial charge in [-0.1, -0.05) is 6.08 Å². The van der Waals surface area contributed by atoms with E-state index in [1.807, 2.05) is 26.2 Å². The van der Waals surface area contributed by atoms with E-state index in [0.717, 1.165) is 41.4 Å².